The van der Waals surface area contributed by atoms with Gasteiger partial charge in [0.25, 0.3) is 5.91 Å². The number of nitrogens with one attached hydrogen (secondary N) is 2. The van der Waals surface area contributed by atoms with Gasteiger partial charge >= 0.3 is 0 Å². The first-order valence-corrected chi connectivity index (χ1v) is 7.06. The zero-order valence-corrected chi connectivity index (χ0v) is 11.9. The van der Waals surface area contributed by atoms with Gasteiger partial charge in [-0.3, -0.25) is 10.1 Å². The van der Waals surface area contributed by atoms with E-state index in [1.54, 1.807) is 10.8 Å². The molecule has 2 aromatic rings. The van der Waals surface area contributed by atoms with Crippen molar-refractivity contribution >= 4 is 28.4 Å². The standard InChI is InChI=1S/C16H16N4O2/c17-6-2-8-20-14(9-16(22)19-15(20)10-21)12-3-1-4-13-11(12)5-7-18-13/h1,3-5,7,9,18H,2,6,8,17H2,(H,19,22). The Morgan fingerprint density at radius 3 is 2.91 bits per heavy atom. The fourth-order valence-electron chi connectivity index (χ4n) is 2.64. The number of hydrogen-bond donors (Lipinski definition) is 3. The van der Waals surface area contributed by atoms with E-state index in [-0.39, 0.29) is 11.7 Å². The Bertz CT molecular complexity index is 799. The van der Waals surface area contributed by atoms with Gasteiger partial charge in [0.2, 0.25) is 0 Å². The van der Waals surface area contributed by atoms with E-state index >= 15 is 0 Å². The van der Waals surface area contributed by atoms with Crippen molar-refractivity contribution in [2.24, 2.45) is 5.73 Å². The number of hydrogen-bond acceptors (Lipinski definition) is 4. The van der Waals surface area contributed by atoms with Gasteiger partial charge in [0.15, 0.2) is 11.8 Å². The molecule has 22 heavy (non-hydrogen) atoms. The summed E-state index contributed by atoms with van der Waals surface area (Å²) in [5, 5.41) is 3.51. The normalized spacial score (nSPS) is 14.8. The van der Waals surface area contributed by atoms with Crippen LogP contribution in [0.2, 0.25) is 0 Å². The van der Waals surface area contributed by atoms with Crippen LogP contribution in [-0.2, 0) is 9.59 Å². The lowest BCUT2D eigenvalue weighted by molar-refractivity contribution is -0.116. The minimum atomic E-state index is -0.329. The maximum Gasteiger partial charge on any atom is 0.252 e. The number of H-pyrrole nitrogens is 1. The highest BCUT2D eigenvalue weighted by Crippen LogP contribution is 2.30. The molecule has 0 unspecified atom stereocenters. The van der Waals surface area contributed by atoms with Crippen molar-refractivity contribution < 1.29 is 9.59 Å². The molecule has 6 heteroatoms. The number of amides is 1. The summed E-state index contributed by atoms with van der Waals surface area (Å²) >= 11 is 0. The largest absolute Gasteiger partial charge is 0.361 e. The molecular weight excluding hydrogens is 280 g/mol. The number of rotatable bonds is 4. The van der Waals surface area contributed by atoms with Gasteiger partial charge in [-0.1, -0.05) is 12.1 Å². The van der Waals surface area contributed by atoms with Crippen LogP contribution in [0.1, 0.15) is 12.0 Å². The first kappa shape index (κ1) is 14.1. The molecule has 1 aromatic heterocycles. The monoisotopic (exact) mass is 296 g/mol. The van der Waals surface area contributed by atoms with Crippen molar-refractivity contribution in [3.63, 3.8) is 0 Å². The quantitative estimate of drug-likeness (QED) is 0.733. The zero-order chi connectivity index (χ0) is 15.5. The van der Waals surface area contributed by atoms with Gasteiger partial charge in [-0.2, -0.15) is 0 Å². The van der Waals surface area contributed by atoms with Gasteiger partial charge in [0.1, 0.15) is 0 Å². The van der Waals surface area contributed by atoms with Gasteiger partial charge in [0.05, 0.1) is 5.70 Å². The van der Waals surface area contributed by atoms with Gasteiger partial charge < -0.3 is 15.6 Å². The average Bonchev–Trinajstić information content (AvgIpc) is 3.01. The van der Waals surface area contributed by atoms with E-state index in [1.165, 1.54) is 6.08 Å². The Labute approximate surface area is 127 Å². The molecule has 0 aliphatic carbocycles. The number of carbonyl (C=O) groups excluding carboxylic acids is 2. The lowest BCUT2D eigenvalue weighted by atomic mass is 10.0. The Hall–Kier alpha value is -2.82. The Kier molecular flexibility index (Phi) is 3.78. The van der Waals surface area contributed by atoms with Gasteiger partial charge in [-0.25, -0.2) is 4.79 Å². The number of aromatic nitrogens is 1. The maximum atomic E-state index is 11.9. The number of nitrogens with zero attached hydrogens (tertiary/aromatic N) is 1. The Morgan fingerprint density at radius 1 is 1.27 bits per heavy atom. The van der Waals surface area contributed by atoms with E-state index in [1.807, 2.05) is 30.5 Å². The van der Waals surface area contributed by atoms with Crippen LogP contribution >= 0.6 is 0 Å². The highest BCUT2D eigenvalue weighted by atomic mass is 16.2. The summed E-state index contributed by atoms with van der Waals surface area (Å²) in [5.41, 5.74) is 8.11. The molecule has 112 valence electrons. The van der Waals surface area contributed by atoms with Gasteiger partial charge in [0, 0.05) is 35.3 Å². The van der Waals surface area contributed by atoms with E-state index in [0.717, 1.165) is 16.5 Å². The summed E-state index contributed by atoms with van der Waals surface area (Å²) in [4.78, 5) is 27.9. The fourth-order valence-corrected chi connectivity index (χ4v) is 2.64. The highest BCUT2D eigenvalue weighted by Gasteiger charge is 2.25. The molecular formula is C16H16N4O2. The van der Waals surface area contributed by atoms with E-state index in [9.17, 15) is 9.59 Å². The summed E-state index contributed by atoms with van der Waals surface area (Å²) in [6.07, 6.45) is 4.04. The molecule has 0 spiro atoms. The number of carbonyl (C=O) groups is 1. The summed E-state index contributed by atoms with van der Waals surface area (Å²) < 4.78 is 0. The molecule has 0 bridgehead atoms. The van der Waals surface area contributed by atoms with E-state index in [4.69, 9.17) is 5.73 Å². The molecule has 3 rings (SSSR count). The highest BCUT2D eigenvalue weighted by molar-refractivity contribution is 6.03. The minimum Gasteiger partial charge on any atom is -0.361 e. The van der Waals surface area contributed by atoms with E-state index in [0.29, 0.717) is 25.2 Å². The van der Waals surface area contributed by atoms with Crippen LogP contribution in [0.25, 0.3) is 16.6 Å². The molecule has 0 radical (unpaired) electrons. The first-order valence-electron chi connectivity index (χ1n) is 7.06. The third kappa shape index (κ3) is 2.41. The molecule has 1 aliphatic rings. The molecule has 0 atom stereocenters. The number of aromatic amines is 1. The molecule has 6 nitrogen and oxygen atoms in total. The van der Waals surface area contributed by atoms with Crippen molar-refractivity contribution in [1.29, 1.82) is 0 Å². The Morgan fingerprint density at radius 2 is 2.14 bits per heavy atom. The van der Waals surface area contributed by atoms with Crippen LogP contribution in [0.5, 0.6) is 0 Å². The van der Waals surface area contributed by atoms with E-state index in [2.05, 4.69) is 10.3 Å². The maximum absolute atomic E-state index is 11.9. The fraction of sp³-hybridized carbons (Fsp3) is 0.188. The molecule has 0 saturated carbocycles. The van der Waals surface area contributed by atoms with Crippen molar-refractivity contribution in [3.05, 3.63) is 47.9 Å². The topological polar surface area (TPSA) is 91.2 Å². The molecule has 1 aliphatic heterocycles. The average molecular weight is 296 g/mol. The van der Waals surface area contributed by atoms with Crippen LogP contribution in [0.3, 0.4) is 0 Å². The van der Waals surface area contributed by atoms with Crippen LogP contribution in [0.4, 0.5) is 0 Å². The number of benzene rings is 1. The molecule has 0 saturated heterocycles. The van der Waals surface area contributed by atoms with Crippen molar-refractivity contribution in [3.8, 4) is 0 Å². The van der Waals surface area contributed by atoms with Crippen LogP contribution < -0.4 is 11.1 Å². The number of fused-ring (bicyclic) bond motifs is 1. The molecule has 0 fully saturated rings. The summed E-state index contributed by atoms with van der Waals surface area (Å²) in [5.74, 6) is 1.61. The second kappa shape index (κ2) is 5.89. The molecule has 4 N–H and O–H groups in total. The molecule has 1 amide bonds. The summed E-state index contributed by atoms with van der Waals surface area (Å²) in [7, 11) is 0. The third-order valence-corrected chi connectivity index (χ3v) is 3.62. The minimum absolute atomic E-state index is 0.128. The van der Waals surface area contributed by atoms with Gasteiger partial charge in [-0.15, -0.1) is 0 Å². The summed E-state index contributed by atoms with van der Waals surface area (Å²) in [6.45, 7) is 1.03. The van der Waals surface area contributed by atoms with Crippen LogP contribution in [0, 0.1) is 0 Å². The summed E-state index contributed by atoms with van der Waals surface area (Å²) in [6, 6.07) is 7.75. The third-order valence-electron chi connectivity index (χ3n) is 3.62. The van der Waals surface area contributed by atoms with Crippen molar-refractivity contribution in [2.75, 3.05) is 13.1 Å². The van der Waals surface area contributed by atoms with Crippen molar-refractivity contribution in [1.82, 2.24) is 15.2 Å². The van der Waals surface area contributed by atoms with Crippen molar-refractivity contribution in [2.45, 2.75) is 6.42 Å². The second-order valence-electron chi connectivity index (χ2n) is 5.01. The predicted octanol–water partition coefficient (Wildman–Crippen LogP) is 0.962. The van der Waals surface area contributed by atoms with Crippen LogP contribution in [-0.4, -0.2) is 34.8 Å². The molecule has 2 heterocycles. The van der Waals surface area contributed by atoms with Gasteiger partial charge in [-0.05, 0) is 25.1 Å². The second-order valence-corrected chi connectivity index (χ2v) is 5.01. The Balaban J connectivity index is 2.14. The van der Waals surface area contributed by atoms with E-state index < -0.39 is 0 Å². The molecule has 1 aromatic carbocycles. The lowest BCUT2D eigenvalue weighted by Gasteiger charge is -2.31. The smallest absolute Gasteiger partial charge is 0.252 e. The predicted molar refractivity (Wildman–Crippen MR) is 84.0 cm³/mol. The number of nitrogens with two attached hydrogens (primary N) is 1. The first-order chi connectivity index (χ1) is 10.7. The zero-order valence-electron chi connectivity index (χ0n) is 11.9. The van der Waals surface area contributed by atoms with Crippen LogP contribution in [0.15, 0.2) is 42.4 Å². The lowest BCUT2D eigenvalue weighted by Crippen LogP contribution is -2.39. The SMILES string of the molecule is NCCCN1C(=C=O)NC(=O)C=C1c1cccc2[nH]ccc12.